The van der Waals surface area contributed by atoms with Gasteiger partial charge in [-0.3, -0.25) is 4.98 Å². The molecule has 1 heterocycles. The summed E-state index contributed by atoms with van der Waals surface area (Å²) < 4.78 is 7.08. The number of hydrogen-bond donors (Lipinski definition) is 1. The first-order valence-electron chi connectivity index (χ1n) is 6.82. The number of pyridine rings is 1. The molecule has 3 rings (SSSR count). The maximum absolute atomic E-state index is 6.02. The van der Waals surface area contributed by atoms with Crippen molar-refractivity contribution in [3.8, 4) is 11.5 Å². The minimum absolute atomic E-state index is 0.686. The molecule has 20 heavy (non-hydrogen) atoms. The molecule has 1 aliphatic carbocycles. The van der Waals surface area contributed by atoms with Crippen LogP contribution in [0.1, 0.15) is 24.0 Å². The minimum atomic E-state index is 0.686. The first kappa shape index (κ1) is 13.6. The van der Waals surface area contributed by atoms with E-state index in [9.17, 15) is 0 Å². The number of aromatic nitrogens is 1. The predicted molar refractivity (Wildman–Crippen MR) is 83.1 cm³/mol. The standard InChI is InChI=1S/C16H17BrN2O/c1-11-8-13(17)2-5-15(11)20-16-10-18-7-6-12(16)9-19-14-3-4-14/h2,5-8,10,14,19H,3-4,9H2,1H3. The van der Waals surface area contributed by atoms with Crippen molar-refractivity contribution < 1.29 is 4.74 Å². The van der Waals surface area contributed by atoms with Crippen molar-refractivity contribution in [1.82, 2.24) is 10.3 Å². The fourth-order valence-electron chi connectivity index (χ4n) is 2.03. The van der Waals surface area contributed by atoms with Gasteiger partial charge in [0.2, 0.25) is 0 Å². The fourth-order valence-corrected chi connectivity index (χ4v) is 2.51. The van der Waals surface area contributed by atoms with Crippen LogP contribution in [-0.2, 0) is 6.54 Å². The van der Waals surface area contributed by atoms with Gasteiger partial charge < -0.3 is 10.1 Å². The van der Waals surface area contributed by atoms with E-state index in [2.05, 4.69) is 26.2 Å². The van der Waals surface area contributed by atoms with Gasteiger partial charge in [0.1, 0.15) is 11.5 Å². The molecule has 0 radical (unpaired) electrons. The molecule has 0 saturated heterocycles. The zero-order chi connectivity index (χ0) is 13.9. The zero-order valence-electron chi connectivity index (χ0n) is 11.4. The van der Waals surface area contributed by atoms with Crippen molar-refractivity contribution in [2.24, 2.45) is 0 Å². The molecule has 1 N–H and O–H groups in total. The number of benzene rings is 1. The number of nitrogens with one attached hydrogen (secondary N) is 1. The van der Waals surface area contributed by atoms with Crippen LogP contribution < -0.4 is 10.1 Å². The molecule has 1 aromatic carbocycles. The number of rotatable bonds is 5. The lowest BCUT2D eigenvalue weighted by atomic mass is 10.2. The summed E-state index contributed by atoms with van der Waals surface area (Å²) in [5.41, 5.74) is 2.25. The highest BCUT2D eigenvalue weighted by Gasteiger charge is 2.20. The van der Waals surface area contributed by atoms with Gasteiger partial charge in [0, 0.05) is 28.8 Å². The van der Waals surface area contributed by atoms with E-state index in [1.807, 2.05) is 37.4 Å². The Morgan fingerprint density at radius 3 is 2.90 bits per heavy atom. The summed E-state index contributed by atoms with van der Waals surface area (Å²) in [6.07, 6.45) is 6.16. The number of ether oxygens (including phenoxy) is 1. The van der Waals surface area contributed by atoms with Gasteiger partial charge in [-0.05, 0) is 49.6 Å². The van der Waals surface area contributed by atoms with Crippen molar-refractivity contribution in [3.63, 3.8) is 0 Å². The molecular weight excluding hydrogens is 316 g/mol. The van der Waals surface area contributed by atoms with Crippen LogP contribution in [0.4, 0.5) is 0 Å². The molecule has 0 unspecified atom stereocenters. The van der Waals surface area contributed by atoms with Crippen molar-refractivity contribution in [2.45, 2.75) is 32.4 Å². The van der Waals surface area contributed by atoms with Crippen LogP contribution in [0.3, 0.4) is 0 Å². The van der Waals surface area contributed by atoms with Crippen molar-refractivity contribution in [3.05, 3.63) is 52.3 Å². The molecule has 104 valence electrons. The Balaban J connectivity index is 1.78. The topological polar surface area (TPSA) is 34.1 Å². The lowest BCUT2D eigenvalue weighted by Crippen LogP contribution is -2.15. The Kier molecular flexibility index (Phi) is 4.03. The number of aryl methyl sites for hydroxylation is 1. The molecule has 0 spiro atoms. The van der Waals surface area contributed by atoms with E-state index in [1.165, 1.54) is 12.8 Å². The number of halogens is 1. The summed E-state index contributed by atoms with van der Waals surface area (Å²) in [4.78, 5) is 4.17. The van der Waals surface area contributed by atoms with E-state index in [1.54, 1.807) is 6.20 Å². The monoisotopic (exact) mass is 332 g/mol. The Labute approximate surface area is 127 Å². The van der Waals surface area contributed by atoms with Crippen LogP contribution in [0.2, 0.25) is 0 Å². The van der Waals surface area contributed by atoms with Gasteiger partial charge in [0.05, 0.1) is 6.20 Å². The molecule has 1 saturated carbocycles. The zero-order valence-corrected chi connectivity index (χ0v) is 13.0. The van der Waals surface area contributed by atoms with Gasteiger partial charge in [-0.25, -0.2) is 0 Å². The number of nitrogens with zero attached hydrogens (tertiary/aromatic N) is 1. The van der Waals surface area contributed by atoms with E-state index >= 15 is 0 Å². The third kappa shape index (κ3) is 3.38. The first-order valence-corrected chi connectivity index (χ1v) is 7.62. The van der Waals surface area contributed by atoms with Crippen LogP contribution in [0.25, 0.3) is 0 Å². The van der Waals surface area contributed by atoms with Crippen LogP contribution in [-0.4, -0.2) is 11.0 Å². The average molecular weight is 333 g/mol. The Bertz CT molecular complexity index is 611. The highest BCUT2D eigenvalue weighted by atomic mass is 79.9. The summed E-state index contributed by atoms with van der Waals surface area (Å²) in [6.45, 7) is 2.87. The largest absolute Gasteiger partial charge is 0.455 e. The van der Waals surface area contributed by atoms with Crippen LogP contribution in [0.15, 0.2) is 41.1 Å². The average Bonchev–Trinajstić information content (AvgIpc) is 3.25. The second-order valence-electron chi connectivity index (χ2n) is 5.15. The summed E-state index contributed by atoms with van der Waals surface area (Å²) in [5, 5.41) is 3.51. The van der Waals surface area contributed by atoms with Crippen LogP contribution in [0, 0.1) is 6.92 Å². The predicted octanol–water partition coefficient (Wildman–Crippen LogP) is 4.20. The van der Waals surface area contributed by atoms with Crippen LogP contribution in [0.5, 0.6) is 11.5 Å². The summed E-state index contributed by atoms with van der Waals surface area (Å²) >= 11 is 3.47. The molecule has 4 heteroatoms. The maximum Gasteiger partial charge on any atom is 0.150 e. The number of hydrogen-bond acceptors (Lipinski definition) is 3. The summed E-state index contributed by atoms with van der Waals surface area (Å²) in [5.74, 6) is 1.69. The molecule has 0 aliphatic heterocycles. The highest BCUT2D eigenvalue weighted by molar-refractivity contribution is 9.10. The van der Waals surface area contributed by atoms with Crippen molar-refractivity contribution >= 4 is 15.9 Å². The quantitative estimate of drug-likeness (QED) is 0.891. The van der Waals surface area contributed by atoms with Gasteiger partial charge in [0.25, 0.3) is 0 Å². The molecule has 0 atom stereocenters. The Hall–Kier alpha value is -1.39. The second kappa shape index (κ2) is 5.94. The van der Waals surface area contributed by atoms with E-state index in [4.69, 9.17) is 4.74 Å². The van der Waals surface area contributed by atoms with Gasteiger partial charge in [-0.2, -0.15) is 0 Å². The van der Waals surface area contributed by atoms with Gasteiger partial charge >= 0.3 is 0 Å². The highest BCUT2D eigenvalue weighted by Crippen LogP contribution is 2.29. The van der Waals surface area contributed by atoms with E-state index < -0.39 is 0 Å². The van der Waals surface area contributed by atoms with E-state index in [-0.39, 0.29) is 0 Å². The summed E-state index contributed by atoms with van der Waals surface area (Å²) in [7, 11) is 0. The van der Waals surface area contributed by atoms with Gasteiger partial charge in [-0.1, -0.05) is 15.9 Å². The third-order valence-corrected chi connectivity index (χ3v) is 3.88. The maximum atomic E-state index is 6.02. The third-order valence-electron chi connectivity index (χ3n) is 3.39. The lowest BCUT2D eigenvalue weighted by molar-refractivity contribution is 0.466. The smallest absolute Gasteiger partial charge is 0.150 e. The molecular formula is C16H17BrN2O. The lowest BCUT2D eigenvalue weighted by Gasteiger charge is -2.13. The SMILES string of the molecule is Cc1cc(Br)ccc1Oc1cnccc1CNC1CC1. The Morgan fingerprint density at radius 2 is 2.15 bits per heavy atom. The summed E-state index contributed by atoms with van der Waals surface area (Å²) in [6, 6.07) is 8.71. The van der Waals surface area contributed by atoms with Crippen LogP contribution >= 0.6 is 15.9 Å². The van der Waals surface area contributed by atoms with Crippen molar-refractivity contribution in [1.29, 1.82) is 0 Å². The molecule has 1 aromatic heterocycles. The van der Waals surface area contributed by atoms with Gasteiger partial charge in [-0.15, -0.1) is 0 Å². The second-order valence-corrected chi connectivity index (χ2v) is 6.07. The molecule has 0 amide bonds. The molecule has 1 aliphatic rings. The molecule has 2 aromatic rings. The molecule has 1 fully saturated rings. The van der Waals surface area contributed by atoms with Gasteiger partial charge in [0.15, 0.2) is 0 Å². The Morgan fingerprint density at radius 1 is 1.30 bits per heavy atom. The van der Waals surface area contributed by atoms with E-state index in [0.717, 1.165) is 33.6 Å². The minimum Gasteiger partial charge on any atom is -0.455 e. The molecule has 3 nitrogen and oxygen atoms in total. The normalized spacial score (nSPS) is 14.3. The fraction of sp³-hybridized carbons (Fsp3) is 0.312. The van der Waals surface area contributed by atoms with Crippen molar-refractivity contribution in [2.75, 3.05) is 0 Å². The van der Waals surface area contributed by atoms with E-state index in [0.29, 0.717) is 6.04 Å². The molecule has 0 bridgehead atoms. The first-order chi connectivity index (χ1) is 9.72.